The molecule has 0 unspecified atom stereocenters. The van der Waals surface area contributed by atoms with Crippen molar-refractivity contribution in [2.45, 2.75) is 0 Å². The van der Waals surface area contributed by atoms with E-state index in [1.54, 1.807) is 11.6 Å². The van der Waals surface area contributed by atoms with Crippen molar-refractivity contribution in [1.82, 2.24) is 18.7 Å². The van der Waals surface area contributed by atoms with Crippen molar-refractivity contribution in [2.24, 2.45) is 21.1 Å². The Morgan fingerprint density at radius 3 is 2.30 bits per heavy atom. The molecule has 0 N–H and O–H groups in total. The molecule has 2 aromatic heterocycles. The second-order valence-electron chi connectivity index (χ2n) is 4.74. The molecule has 0 atom stereocenters. The molecule has 0 saturated heterocycles. The standard InChI is InChI=1S/C14H14N4OS/c1-16-10-12(17(2)14(20)18(3)13(10)19)15-11(16)9-7-5-4-6-8-9/h4-8H,1-3H3. The van der Waals surface area contributed by atoms with E-state index in [0.29, 0.717) is 15.9 Å². The Labute approximate surface area is 120 Å². The lowest BCUT2D eigenvalue weighted by molar-refractivity contribution is 0.737. The maximum Gasteiger partial charge on any atom is 0.280 e. The number of fused-ring (bicyclic) bond motifs is 1. The highest BCUT2D eigenvalue weighted by atomic mass is 32.1. The molecule has 0 saturated carbocycles. The van der Waals surface area contributed by atoms with Gasteiger partial charge < -0.3 is 9.13 Å². The lowest BCUT2D eigenvalue weighted by Gasteiger charge is -2.05. The van der Waals surface area contributed by atoms with Gasteiger partial charge in [0.25, 0.3) is 5.56 Å². The van der Waals surface area contributed by atoms with Gasteiger partial charge in [-0.05, 0) is 12.2 Å². The fraction of sp³-hybridized carbons (Fsp3) is 0.214. The number of hydrogen-bond donors (Lipinski definition) is 0. The summed E-state index contributed by atoms with van der Waals surface area (Å²) < 4.78 is 5.51. The smallest absolute Gasteiger partial charge is 0.280 e. The fourth-order valence-electron chi connectivity index (χ4n) is 2.36. The highest BCUT2D eigenvalue weighted by Gasteiger charge is 2.16. The molecule has 0 aliphatic rings. The first-order chi connectivity index (χ1) is 9.52. The van der Waals surface area contributed by atoms with E-state index in [2.05, 4.69) is 4.98 Å². The first kappa shape index (κ1) is 12.8. The van der Waals surface area contributed by atoms with E-state index in [1.165, 1.54) is 4.57 Å². The molecule has 3 rings (SSSR count). The molecule has 20 heavy (non-hydrogen) atoms. The number of benzene rings is 1. The molecule has 1 aromatic carbocycles. The fourth-order valence-corrected chi connectivity index (χ4v) is 2.53. The molecule has 0 fully saturated rings. The van der Waals surface area contributed by atoms with Gasteiger partial charge in [0.2, 0.25) is 0 Å². The number of hydrogen-bond acceptors (Lipinski definition) is 3. The Kier molecular flexibility index (Phi) is 2.83. The largest absolute Gasteiger partial charge is 0.321 e. The van der Waals surface area contributed by atoms with E-state index in [1.807, 2.05) is 49.0 Å². The van der Waals surface area contributed by atoms with Gasteiger partial charge in [-0.25, -0.2) is 4.98 Å². The summed E-state index contributed by atoms with van der Waals surface area (Å²) >= 11 is 5.26. The van der Waals surface area contributed by atoms with Crippen molar-refractivity contribution in [3.05, 3.63) is 45.5 Å². The van der Waals surface area contributed by atoms with Crippen LogP contribution in [0.2, 0.25) is 0 Å². The van der Waals surface area contributed by atoms with E-state index in [9.17, 15) is 4.79 Å². The Bertz CT molecular complexity index is 918. The lowest BCUT2D eigenvalue weighted by atomic mass is 10.2. The van der Waals surface area contributed by atoms with Crippen molar-refractivity contribution in [3.8, 4) is 11.4 Å². The molecule has 0 bridgehead atoms. The molecular formula is C14H14N4OS. The summed E-state index contributed by atoms with van der Waals surface area (Å²) in [4.78, 5) is 17.0. The number of rotatable bonds is 1. The van der Waals surface area contributed by atoms with Crippen LogP contribution in [0.15, 0.2) is 35.1 Å². The number of aryl methyl sites for hydroxylation is 2. The molecule has 0 radical (unpaired) electrons. The van der Waals surface area contributed by atoms with Crippen LogP contribution in [0.25, 0.3) is 22.6 Å². The van der Waals surface area contributed by atoms with Crippen LogP contribution in [0.3, 0.4) is 0 Å². The summed E-state index contributed by atoms with van der Waals surface area (Å²) in [5.74, 6) is 0.758. The van der Waals surface area contributed by atoms with E-state index in [4.69, 9.17) is 12.2 Å². The Hall–Kier alpha value is -2.21. The first-order valence-electron chi connectivity index (χ1n) is 6.20. The van der Waals surface area contributed by atoms with Gasteiger partial charge >= 0.3 is 0 Å². The summed E-state index contributed by atoms with van der Waals surface area (Å²) in [6, 6.07) is 9.80. The Balaban J connectivity index is 2.49. The van der Waals surface area contributed by atoms with Crippen molar-refractivity contribution in [3.63, 3.8) is 0 Å². The third kappa shape index (κ3) is 1.65. The topological polar surface area (TPSA) is 44.8 Å². The van der Waals surface area contributed by atoms with E-state index >= 15 is 0 Å². The van der Waals surface area contributed by atoms with E-state index < -0.39 is 0 Å². The Morgan fingerprint density at radius 1 is 1.00 bits per heavy atom. The minimum atomic E-state index is -0.125. The summed E-state index contributed by atoms with van der Waals surface area (Å²) in [5, 5.41) is 0. The molecule has 2 heterocycles. The van der Waals surface area contributed by atoms with Crippen LogP contribution in [0.4, 0.5) is 0 Å². The van der Waals surface area contributed by atoms with E-state index in [0.717, 1.165) is 11.4 Å². The third-order valence-corrected chi connectivity index (χ3v) is 4.06. The maximum atomic E-state index is 12.4. The van der Waals surface area contributed by atoms with Crippen molar-refractivity contribution in [1.29, 1.82) is 0 Å². The normalized spacial score (nSPS) is 11.2. The van der Waals surface area contributed by atoms with Gasteiger partial charge in [-0.2, -0.15) is 0 Å². The predicted octanol–water partition coefficient (Wildman–Crippen LogP) is 2.01. The summed E-state index contributed by atoms with van der Waals surface area (Å²) in [7, 11) is 5.35. The summed E-state index contributed by atoms with van der Waals surface area (Å²) in [6.45, 7) is 0. The van der Waals surface area contributed by atoms with Crippen LogP contribution < -0.4 is 5.56 Å². The summed E-state index contributed by atoms with van der Waals surface area (Å²) in [5.41, 5.74) is 2.02. The minimum Gasteiger partial charge on any atom is -0.321 e. The van der Waals surface area contributed by atoms with Crippen LogP contribution in [-0.2, 0) is 21.1 Å². The van der Waals surface area contributed by atoms with Crippen LogP contribution >= 0.6 is 12.2 Å². The molecule has 102 valence electrons. The van der Waals surface area contributed by atoms with Crippen LogP contribution in [0, 0.1) is 4.77 Å². The third-order valence-electron chi connectivity index (χ3n) is 3.51. The van der Waals surface area contributed by atoms with Crippen molar-refractivity contribution >= 4 is 23.4 Å². The molecule has 6 heteroatoms. The molecular weight excluding hydrogens is 272 g/mol. The molecule has 3 aromatic rings. The summed E-state index contributed by atoms with van der Waals surface area (Å²) in [6.07, 6.45) is 0. The lowest BCUT2D eigenvalue weighted by Crippen LogP contribution is -2.23. The average Bonchev–Trinajstić information content (AvgIpc) is 2.81. The van der Waals surface area contributed by atoms with Gasteiger partial charge in [-0.15, -0.1) is 0 Å². The quantitative estimate of drug-likeness (QED) is 0.643. The van der Waals surface area contributed by atoms with Crippen LogP contribution in [-0.4, -0.2) is 18.7 Å². The highest BCUT2D eigenvalue weighted by Crippen LogP contribution is 2.21. The van der Waals surface area contributed by atoms with Gasteiger partial charge in [0, 0.05) is 26.7 Å². The Morgan fingerprint density at radius 2 is 1.65 bits per heavy atom. The molecule has 0 aliphatic carbocycles. The monoisotopic (exact) mass is 286 g/mol. The zero-order chi connectivity index (χ0) is 14.4. The highest BCUT2D eigenvalue weighted by molar-refractivity contribution is 7.71. The van der Waals surface area contributed by atoms with Gasteiger partial charge in [-0.1, -0.05) is 30.3 Å². The molecule has 0 amide bonds. The molecule has 0 spiro atoms. The number of imidazole rings is 1. The van der Waals surface area contributed by atoms with Crippen LogP contribution in [0.1, 0.15) is 0 Å². The van der Waals surface area contributed by atoms with Gasteiger partial charge in [0.15, 0.2) is 15.9 Å². The minimum absolute atomic E-state index is 0.125. The molecule has 5 nitrogen and oxygen atoms in total. The van der Waals surface area contributed by atoms with Gasteiger partial charge in [0.1, 0.15) is 5.82 Å². The second-order valence-corrected chi connectivity index (χ2v) is 5.10. The maximum absolute atomic E-state index is 12.4. The van der Waals surface area contributed by atoms with E-state index in [-0.39, 0.29) is 5.56 Å². The first-order valence-corrected chi connectivity index (χ1v) is 6.61. The predicted molar refractivity (Wildman–Crippen MR) is 81.2 cm³/mol. The van der Waals surface area contributed by atoms with Gasteiger partial charge in [0.05, 0.1) is 0 Å². The average molecular weight is 286 g/mol. The SMILES string of the molecule is Cn1c(=O)c2c(nc(-c3ccccc3)n2C)n(C)c1=S. The number of aromatic nitrogens is 4. The zero-order valence-corrected chi connectivity index (χ0v) is 12.3. The second kappa shape index (κ2) is 4.42. The number of nitrogens with zero attached hydrogens (tertiary/aromatic N) is 4. The van der Waals surface area contributed by atoms with Crippen molar-refractivity contribution in [2.75, 3.05) is 0 Å². The molecule has 0 aliphatic heterocycles. The van der Waals surface area contributed by atoms with Crippen molar-refractivity contribution < 1.29 is 0 Å². The van der Waals surface area contributed by atoms with Gasteiger partial charge in [-0.3, -0.25) is 9.36 Å². The zero-order valence-electron chi connectivity index (χ0n) is 11.5. The van der Waals surface area contributed by atoms with Crippen LogP contribution in [0.5, 0.6) is 0 Å².